The first-order valence-electron chi connectivity index (χ1n) is 10.7. The van der Waals surface area contributed by atoms with E-state index in [1.54, 1.807) is 6.20 Å². The Bertz CT molecular complexity index is 727. The van der Waals surface area contributed by atoms with E-state index >= 15 is 0 Å². The average Bonchev–Trinajstić information content (AvgIpc) is 3.15. The lowest BCUT2D eigenvalue weighted by molar-refractivity contribution is -0.149. The van der Waals surface area contributed by atoms with Crippen molar-refractivity contribution >= 4 is 17.6 Å². The maximum Gasteiger partial charge on any atom is 0.255 e. The number of piperidine rings is 1. The van der Waals surface area contributed by atoms with E-state index in [0.717, 1.165) is 44.5 Å². The number of aromatic nitrogens is 1. The summed E-state index contributed by atoms with van der Waals surface area (Å²) in [7, 11) is 3.86. The zero-order valence-electron chi connectivity index (χ0n) is 17.2. The van der Waals surface area contributed by atoms with Crippen LogP contribution in [0.25, 0.3) is 0 Å². The van der Waals surface area contributed by atoms with Gasteiger partial charge in [-0.15, -0.1) is 0 Å². The fourth-order valence-electron chi connectivity index (χ4n) is 5.23. The third-order valence-electron chi connectivity index (χ3n) is 6.88. The maximum absolute atomic E-state index is 13.4. The summed E-state index contributed by atoms with van der Waals surface area (Å²) in [4.78, 5) is 36.8. The Kier molecular flexibility index (Phi) is 5.30. The lowest BCUT2D eigenvalue weighted by Crippen LogP contribution is -2.54. The largest absolute Gasteiger partial charge is 0.363 e. The minimum atomic E-state index is -0.359. The van der Waals surface area contributed by atoms with Crippen LogP contribution in [0, 0.1) is 5.41 Å². The quantitative estimate of drug-likeness (QED) is 0.804. The molecule has 3 aliphatic rings. The molecule has 28 heavy (non-hydrogen) atoms. The minimum absolute atomic E-state index is 0.00253. The fourth-order valence-corrected chi connectivity index (χ4v) is 5.23. The Morgan fingerprint density at radius 2 is 1.89 bits per heavy atom. The Hall–Kier alpha value is -2.11. The monoisotopic (exact) mass is 384 g/mol. The molecule has 2 aliphatic heterocycles. The van der Waals surface area contributed by atoms with Crippen LogP contribution in [0.1, 0.15) is 61.7 Å². The van der Waals surface area contributed by atoms with Crippen molar-refractivity contribution < 1.29 is 9.59 Å². The van der Waals surface area contributed by atoms with E-state index in [-0.39, 0.29) is 11.3 Å². The maximum atomic E-state index is 13.4. The van der Waals surface area contributed by atoms with E-state index in [4.69, 9.17) is 0 Å². The number of carbonyl (C=O) groups is 2. The van der Waals surface area contributed by atoms with E-state index in [2.05, 4.69) is 9.88 Å². The van der Waals surface area contributed by atoms with Gasteiger partial charge in [0.25, 0.3) is 5.91 Å². The summed E-state index contributed by atoms with van der Waals surface area (Å²) in [6, 6.07) is 4.13. The predicted molar refractivity (Wildman–Crippen MR) is 109 cm³/mol. The Morgan fingerprint density at radius 3 is 2.57 bits per heavy atom. The number of pyridine rings is 1. The molecular weight excluding hydrogens is 352 g/mol. The number of hydrogen-bond acceptors (Lipinski definition) is 4. The predicted octanol–water partition coefficient (Wildman–Crippen LogP) is 2.94. The van der Waals surface area contributed by atoms with Crippen LogP contribution in [0.2, 0.25) is 0 Å². The van der Waals surface area contributed by atoms with Crippen LogP contribution in [-0.4, -0.2) is 66.4 Å². The molecule has 2 amide bonds. The molecule has 6 heteroatoms. The number of hydrogen-bond donors (Lipinski definition) is 0. The third-order valence-corrected chi connectivity index (χ3v) is 6.88. The van der Waals surface area contributed by atoms with Gasteiger partial charge in [0.15, 0.2) is 0 Å². The summed E-state index contributed by atoms with van der Waals surface area (Å²) in [6.45, 7) is 2.12. The number of anilines is 1. The molecule has 0 bridgehead atoms. The second-order valence-corrected chi connectivity index (χ2v) is 8.95. The van der Waals surface area contributed by atoms with Gasteiger partial charge in [-0.3, -0.25) is 9.59 Å². The second-order valence-electron chi connectivity index (χ2n) is 8.95. The SMILES string of the molecule is CN(C)c1ccc(C(=O)N2CC[C@]3(CCCN(C4CCCCC4)C3=O)C2)cn1. The first kappa shape index (κ1) is 19.2. The van der Waals surface area contributed by atoms with Gasteiger partial charge in [-0.1, -0.05) is 19.3 Å². The van der Waals surface area contributed by atoms with Crippen molar-refractivity contribution in [2.45, 2.75) is 57.4 Å². The summed E-state index contributed by atoms with van der Waals surface area (Å²) in [5.41, 5.74) is 0.248. The standard InChI is InChI=1S/C22H32N4O2/c1-24(2)19-10-9-17(15-23-19)20(27)25-14-12-22(16-25)11-6-13-26(21(22)28)18-7-4-3-5-8-18/h9-10,15,18H,3-8,11-14,16H2,1-2H3/t22-/m1/s1. The summed E-state index contributed by atoms with van der Waals surface area (Å²) < 4.78 is 0. The van der Waals surface area contributed by atoms with Gasteiger partial charge in [0.2, 0.25) is 5.91 Å². The van der Waals surface area contributed by atoms with Gasteiger partial charge in [0.1, 0.15) is 5.82 Å². The lowest BCUT2D eigenvalue weighted by Gasteiger charge is -2.44. The average molecular weight is 385 g/mol. The van der Waals surface area contributed by atoms with Crippen molar-refractivity contribution in [1.82, 2.24) is 14.8 Å². The van der Waals surface area contributed by atoms with Gasteiger partial charge in [0, 0.05) is 46.0 Å². The Labute approximate surface area is 167 Å². The van der Waals surface area contributed by atoms with Crippen molar-refractivity contribution in [3.63, 3.8) is 0 Å². The van der Waals surface area contributed by atoms with Crippen molar-refractivity contribution in [3.05, 3.63) is 23.9 Å². The van der Waals surface area contributed by atoms with Crippen LogP contribution >= 0.6 is 0 Å². The first-order chi connectivity index (χ1) is 13.5. The van der Waals surface area contributed by atoms with Crippen LogP contribution in [-0.2, 0) is 4.79 Å². The zero-order chi connectivity index (χ0) is 19.7. The molecule has 1 spiro atoms. The van der Waals surface area contributed by atoms with E-state index in [1.165, 1.54) is 19.3 Å². The van der Waals surface area contributed by atoms with E-state index in [1.807, 2.05) is 36.0 Å². The molecule has 3 heterocycles. The number of rotatable bonds is 3. The first-order valence-corrected chi connectivity index (χ1v) is 10.7. The van der Waals surface area contributed by atoms with Crippen LogP contribution in [0.3, 0.4) is 0 Å². The normalized spacial score (nSPS) is 26.1. The number of amides is 2. The summed E-state index contributed by atoms with van der Waals surface area (Å²) in [5.74, 6) is 1.14. The van der Waals surface area contributed by atoms with Crippen molar-refractivity contribution in [3.8, 4) is 0 Å². The Balaban J connectivity index is 1.46. The van der Waals surface area contributed by atoms with Crippen molar-refractivity contribution in [2.75, 3.05) is 38.6 Å². The molecule has 3 fully saturated rings. The highest BCUT2D eigenvalue weighted by molar-refractivity contribution is 5.95. The molecule has 0 unspecified atom stereocenters. The highest BCUT2D eigenvalue weighted by Gasteiger charge is 2.50. The van der Waals surface area contributed by atoms with Crippen molar-refractivity contribution in [1.29, 1.82) is 0 Å². The molecular formula is C22H32N4O2. The summed E-state index contributed by atoms with van der Waals surface area (Å²) in [6.07, 6.45) is 10.5. The minimum Gasteiger partial charge on any atom is -0.363 e. The molecule has 152 valence electrons. The van der Waals surface area contributed by atoms with E-state index in [0.29, 0.717) is 30.6 Å². The molecule has 0 aromatic carbocycles. The smallest absolute Gasteiger partial charge is 0.255 e. The highest BCUT2D eigenvalue weighted by atomic mass is 16.2. The molecule has 6 nitrogen and oxygen atoms in total. The van der Waals surface area contributed by atoms with E-state index in [9.17, 15) is 9.59 Å². The molecule has 1 aromatic heterocycles. The van der Waals surface area contributed by atoms with Crippen LogP contribution in [0.5, 0.6) is 0 Å². The molecule has 1 aliphatic carbocycles. The number of nitrogens with zero attached hydrogens (tertiary/aromatic N) is 4. The molecule has 4 rings (SSSR count). The molecule has 2 saturated heterocycles. The highest BCUT2D eigenvalue weighted by Crippen LogP contribution is 2.42. The number of carbonyl (C=O) groups excluding carboxylic acids is 2. The fraction of sp³-hybridized carbons (Fsp3) is 0.682. The zero-order valence-corrected chi connectivity index (χ0v) is 17.2. The van der Waals surface area contributed by atoms with Gasteiger partial charge >= 0.3 is 0 Å². The molecule has 0 radical (unpaired) electrons. The topological polar surface area (TPSA) is 56.8 Å². The second kappa shape index (κ2) is 7.72. The molecule has 0 N–H and O–H groups in total. The molecule has 1 aromatic rings. The van der Waals surface area contributed by atoms with Gasteiger partial charge in [-0.05, 0) is 44.2 Å². The van der Waals surface area contributed by atoms with E-state index < -0.39 is 0 Å². The number of likely N-dealkylation sites (tertiary alicyclic amines) is 2. The summed E-state index contributed by atoms with van der Waals surface area (Å²) in [5, 5.41) is 0. The van der Waals surface area contributed by atoms with Crippen molar-refractivity contribution in [2.24, 2.45) is 5.41 Å². The van der Waals surface area contributed by atoms with Crippen LogP contribution in [0.15, 0.2) is 18.3 Å². The molecule has 1 atom stereocenters. The Morgan fingerprint density at radius 1 is 1.11 bits per heavy atom. The summed E-state index contributed by atoms with van der Waals surface area (Å²) >= 11 is 0. The van der Waals surface area contributed by atoms with Crippen LogP contribution < -0.4 is 4.90 Å². The van der Waals surface area contributed by atoms with Gasteiger partial charge in [0.05, 0.1) is 11.0 Å². The third kappa shape index (κ3) is 3.49. The van der Waals surface area contributed by atoms with Crippen LogP contribution in [0.4, 0.5) is 5.82 Å². The lowest BCUT2D eigenvalue weighted by atomic mass is 9.77. The van der Waals surface area contributed by atoms with Gasteiger partial charge in [-0.25, -0.2) is 4.98 Å². The van der Waals surface area contributed by atoms with Gasteiger partial charge in [-0.2, -0.15) is 0 Å². The molecule has 1 saturated carbocycles. The van der Waals surface area contributed by atoms with Gasteiger partial charge < -0.3 is 14.7 Å².